The molecule has 1 N–H and O–H groups in total. The van der Waals surface area contributed by atoms with Gasteiger partial charge >= 0.3 is 6.03 Å². The molecule has 1 aromatic carbocycles. The van der Waals surface area contributed by atoms with Crippen LogP contribution >= 0.6 is 0 Å². The smallest absolute Gasteiger partial charge is 0.317 e. The number of urea groups is 1. The van der Waals surface area contributed by atoms with Gasteiger partial charge in [-0.1, -0.05) is 13.0 Å². The number of ether oxygens (including phenoxy) is 1. The number of anilines is 1. The molecule has 2 saturated heterocycles. The Hall–Kier alpha value is -1.86. The SMILES string of the molecule is CCN1CCN(C(=O)NCc2ccc(N3CC(C)OC(C)C3)c(F)c2)CC1. The molecule has 2 fully saturated rings. The molecule has 6 nitrogen and oxygen atoms in total. The van der Waals surface area contributed by atoms with E-state index in [0.29, 0.717) is 25.3 Å². The van der Waals surface area contributed by atoms with E-state index in [-0.39, 0.29) is 24.1 Å². The van der Waals surface area contributed by atoms with Gasteiger partial charge in [-0.3, -0.25) is 0 Å². The number of halogens is 1. The van der Waals surface area contributed by atoms with Crippen LogP contribution in [0.2, 0.25) is 0 Å². The van der Waals surface area contributed by atoms with Crippen LogP contribution in [0.4, 0.5) is 14.9 Å². The third-order valence-electron chi connectivity index (χ3n) is 5.32. The molecular weight excluding hydrogens is 347 g/mol. The van der Waals surface area contributed by atoms with E-state index in [1.165, 1.54) is 6.07 Å². The zero-order valence-corrected chi connectivity index (χ0v) is 16.6. The maximum atomic E-state index is 14.6. The highest BCUT2D eigenvalue weighted by Crippen LogP contribution is 2.24. The van der Waals surface area contributed by atoms with Gasteiger partial charge in [0.2, 0.25) is 0 Å². The lowest BCUT2D eigenvalue weighted by atomic mass is 10.1. The van der Waals surface area contributed by atoms with Crippen LogP contribution in [0.5, 0.6) is 0 Å². The van der Waals surface area contributed by atoms with E-state index < -0.39 is 0 Å². The van der Waals surface area contributed by atoms with Crippen LogP contribution in [0.3, 0.4) is 0 Å². The number of piperazine rings is 1. The van der Waals surface area contributed by atoms with Gasteiger partial charge in [-0.15, -0.1) is 0 Å². The first-order valence-corrected chi connectivity index (χ1v) is 9.90. The topological polar surface area (TPSA) is 48.0 Å². The largest absolute Gasteiger partial charge is 0.372 e. The predicted molar refractivity (Wildman–Crippen MR) is 105 cm³/mol. The van der Waals surface area contributed by atoms with Crippen LogP contribution in [0.25, 0.3) is 0 Å². The number of carbonyl (C=O) groups is 1. The van der Waals surface area contributed by atoms with Crippen LogP contribution in [0, 0.1) is 5.82 Å². The molecule has 2 heterocycles. The molecule has 27 heavy (non-hydrogen) atoms. The number of hydrogen-bond acceptors (Lipinski definition) is 4. The van der Waals surface area contributed by atoms with E-state index >= 15 is 0 Å². The van der Waals surface area contributed by atoms with Crippen molar-refractivity contribution in [2.45, 2.75) is 39.5 Å². The number of rotatable bonds is 4. The Morgan fingerprint density at radius 2 is 1.85 bits per heavy atom. The Labute approximate surface area is 161 Å². The zero-order valence-electron chi connectivity index (χ0n) is 16.6. The summed E-state index contributed by atoms with van der Waals surface area (Å²) >= 11 is 0. The third-order valence-corrected chi connectivity index (χ3v) is 5.32. The van der Waals surface area contributed by atoms with Gasteiger partial charge in [0, 0.05) is 45.8 Å². The molecule has 1 aromatic rings. The summed E-state index contributed by atoms with van der Waals surface area (Å²) in [6.07, 6.45) is 0.167. The molecule has 7 heteroatoms. The van der Waals surface area contributed by atoms with Crippen LogP contribution in [-0.4, -0.2) is 73.9 Å². The first-order chi connectivity index (χ1) is 13.0. The van der Waals surface area contributed by atoms with Gasteiger partial charge in [0.15, 0.2) is 0 Å². The molecule has 0 radical (unpaired) electrons. The number of nitrogens with zero attached hydrogens (tertiary/aromatic N) is 3. The molecule has 0 saturated carbocycles. The van der Waals surface area contributed by atoms with E-state index in [4.69, 9.17) is 4.74 Å². The summed E-state index contributed by atoms with van der Waals surface area (Å²) in [7, 11) is 0. The second-order valence-electron chi connectivity index (χ2n) is 7.53. The highest BCUT2D eigenvalue weighted by Gasteiger charge is 2.24. The van der Waals surface area contributed by atoms with E-state index in [2.05, 4.69) is 17.1 Å². The van der Waals surface area contributed by atoms with Crippen molar-refractivity contribution in [2.75, 3.05) is 50.7 Å². The summed E-state index contributed by atoms with van der Waals surface area (Å²) in [4.78, 5) is 18.5. The lowest BCUT2D eigenvalue weighted by molar-refractivity contribution is -0.00539. The molecular formula is C20H31FN4O2. The van der Waals surface area contributed by atoms with Crippen molar-refractivity contribution in [1.29, 1.82) is 0 Å². The van der Waals surface area contributed by atoms with Gasteiger partial charge in [0.1, 0.15) is 5.82 Å². The van der Waals surface area contributed by atoms with E-state index in [0.717, 1.165) is 38.3 Å². The second-order valence-corrected chi connectivity index (χ2v) is 7.53. The van der Waals surface area contributed by atoms with Crippen molar-refractivity contribution in [3.63, 3.8) is 0 Å². The molecule has 0 spiro atoms. The average molecular weight is 378 g/mol. The lowest BCUT2D eigenvalue weighted by Crippen LogP contribution is -2.51. The Bertz CT molecular complexity index is 639. The van der Waals surface area contributed by atoms with Crippen molar-refractivity contribution in [1.82, 2.24) is 15.1 Å². The van der Waals surface area contributed by atoms with E-state index in [9.17, 15) is 9.18 Å². The summed E-state index contributed by atoms with van der Waals surface area (Å²) in [5.74, 6) is -0.250. The summed E-state index contributed by atoms with van der Waals surface area (Å²) in [6.45, 7) is 12.1. The minimum Gasteiger partial charge on any atom is -0.372 e. The summed E-state index contributed by atoms with van der Waals surface area (Å²) in [6, 6.07) is 5.14. The van der Waals surface area contributed by atoms with Gasteiger partial charge in [0.25, 0.3) is 0 Å². The quantitative estimate of drug-likeness (QED) is 0.873. The maximum absolute atomic E-state index is 14.6. The minimum atomic E-state index is -0.250. The number of carbonyl (C=O) groups excluding carboxylic acids is 1. The highest BCUT2D eigenvalue weighted by molar-refractivity contribution is 5.74. The number of morpholine rings is 1. The van der Waals surface area contributed by atoms with Crippen LogP contribution in [0.1, 0.15) is 26.3 Å². The Balaban J connectivity index is 1.54. The van der Waals surface area contributed by atoms with Crippen molar-refractivity contribution in [3.8, 4) is 0 Å². The normalized spacial score (nSPS) is 24.1. The second kappa shape index (κ2) is 8.89. The monoisotopic (exact) mass is 378 g/mol. The Kier molecular flexibility index (Phi) is 6.55. The third kappa shape index (κ3) is 5.11. The van der Waals surface area contributed by atoms with Gasteiger partial charge in [-0.25, -0.2) is 9.18 Å². The van der Waals surface area contributed by atoms with Gasteiger partial charge in [0.05, 0.1) is 17.9 Å². The molecule has 2 amide bonds. The standard InChI is InChI=1S/C20H31FN4O2/c1-4-23-7-9-24(10-8-23)20(26)22-12-17-5-6-19(18(21)11-17)25-13-15(2)27-16(3)14-25/h5-6,11,15-16H,4,7-10,12-14H2,1-3H3,(H,22,26). The van der Waals surface area contributed by atoms with Gasteiger partial charge in [-0.2, -0.15) is 0 Å². The molecule has 2 atom stereocenters. The van der Waals surface area contributed by atoms with Crippen LogP contribution in [0.15, 0.2) is 18.2 Å². The zero-order chi connectivity index (χ0) is 19.4. The molecule has 2 unspecified atom stereocenters. The molecule has 150 valence electrons. The first-order valence-electron chi connectivity index (χ1n) is 9.90. The first kappa shape index (κ1) is 19.9. The Morgan fingerprint density at radius 1 is 1.19 bits per heavy atom. The molecule has 0 aliphatic carbocycles. The molecule has 2 aliphatic heterocycles. The van der Waals surface area contributed by atoms with Crippen LogP contribution < -0.4 is 10.2 Å². The Morgan fingerprint density at radius 3 is 2.44 bits per heavy atom. The van der Waals surface area contributed by atoms with Crippen molar-refractivity contribution in [2.24, 2.45) is 0 Å². The van der Waals surface area contributed by atoms with Crippen molar-refractivity contribution < 1.29 is 13.9 Å². The molecule has 2 aliphatic rings. The molecule has 0 bridgehead atoms. The average Bonchev–Trinajstić information content (AvgIpc) is 2.65. The summed E-state index contributed by atoms with van der Waals surface area (Å²) in [5, 5.41) is 2.91. The van der Waals surface area contributed by atoms with E-state index in [1.54, 1.807) is 0 Å². The van der Waals surface area contributed by atoms with Crippen LogP contribution in [-0.2, 0) is 11.3 Å². The summed E-state index contributed by atoms with van der Waals surface area (Å²) < 4.78 is 20.4. The minimum absolute atomic E-state index is 0.0777. The fourth-order valence-electron chi connectivity index (χ4n) is 3.85. The van der Waals surface area contributed by atoms with Gasteiger partial charge < -0.3 is 24.8 Å². The number of likely N-dealkylation sites (N-methyl/N-ethyl adjacent to an activating group) is 1. The van der Waals surface area contributed by atoms with Crippen molar-refractivity contribution >= 4 is 11.7 Å². The maximum Gasteiger partial charge on any atom is 0.317 e. The number of amides is 2. The number of nitrogens with one attached hydrogen (secondary N) is 1. The molecule has 0 aromatic heterocycles. The lowest BCUT2D eigenvalue weighted by Gasteiger charge is -2.37. The fourth-order valence-corrected chi connectivity index (χ4v) is 3.85. The predicted octanol–water partition coefficient (Wildman–Crippen LogP) is 2.29. The van der Waals surface area contributed by atoms with Gasteiger partial charge in [-0.05, 0) is 38.1 Å². The van der Waals surface area contributed by atoms with E-state index in [1.807, 2.05) is 35.8 Å². The highest BCUT2D eigenvalue weighted by atomic mass is 19.1. The van der Waals surface area contributed by atoms with Crippen molar-refractivity contribution in [3.05, 3.63) is 29.6 Å². The number of hydrogen-bond donors (Lipinski definition) is 1. The summed E-state index contributed by atoms with van der Waals surface area (Å²) in [5.41, 5.74) is 1.37. The molecule has 3 rings (SSSR count). The number of benzene rings is 1. The fraction of sp³-hybridized carbons (Fsp3) is 0.650.